The molecule has 0 saturated heterocycles. The summed E-state index contributed by atoms with van der Waals surface area (Å²) in [7, 11) is 0. The van der Waals surface area contributed by atoms with Crippen LogP contribution in [0.25, 0.3) is 16.9 Å². The number of hydrogen-bond donors (Lipinski definition) is 0. The highest BCUT2D eigenvalue weighted by molar-refractivity contribution is 5.59. The number of benzene rings is 2. The normalized spacial score (nSPS) is 11.5. The van der Waals surface area contributed by atoms with Crippen LogP contribution >= 0.6 is 0 Å². The van der Waals surface area contributed by atoms with Crippen molar-refractivity contribution in [2.24, 2.45) is 0 Å². The number of aromatic nitrogens is 2. The van der Waals surface area contributed by atoms with E-state index in [1.165, 1.54) is 17.7 Å². The van der Waals surface area contributed by atoms with E-state index in [-0.39, 0.29) is 11.1 Å². The zero-order chi connectivity index (χ0) is 17.3. The first-order chi connectivity index (χ1) is 11.3. The van der Waals surface area contributed by atoms with Crippen LogP contribution in [-0.4, -0.2) is 14.7 Å². The fraction of sp³-hybridized carbons (Fsp3) is 0.211. The van der Waals surface area contributed by atoms with E-state index in [2.05, 4.69) is 50.1 Å². The minimum absolute atomic E-state index is 0.0731. The number of rotatable bonds is 3. The Morgan fingerprint density at radius 2 is 1.58 bits per heavy atom. The van der Waals surface area contributed by atoms with Crippen LogP contribution in [-0.2, 0) is 5.41 Å². The zero-order valence-electron chi connectivity index (χ0n) is 13.9. The van der Waals surface area contributed by atoms with Crippen LogP contribution in [0.3, 0.4) is 0 Å². The highest BCUT2D eigenvalue weighted by Crippen LogP contribution is 2.26. The number of non-ortho nitro benzene ring substituents is 1. The molecular weight excluding hydrogens is 302 g/mol. The van der Waals surface area contributed by atoms with Gasteiger partial charge in [-0.1, -0.05) is 45.0 Å². The second-order valence-electron chi connectivity index (χ2n) is 6.75. The van der Waals surface area contributed by atoms with Gasteiger partial charge in [0, 0.05) is 23.9 Å². The second-order valence-corrected chi connectivity index (χ2v) is 6.75. The van der Waals surface area contributed by atoms with Crippen molar-refractivity contribution in [3.8, 4) is 16.9 Å². The Bertz CT molecular complexity index is 857. The fourth-order valence-corrected chi connectivity index (χ4v) is 2.49. The molecule has 1 aromatic heterocycles. The number of nitrogens with zero attached hydrogens (tertiary/aromatic N) is 3. The van der Waals surface area contributed by atoms with Gasteiger partial charge in [0.05, 0.1) is 16.3 Å². The number of nitro benzene ring substituents is 1. The lowest BCUT2D eigenvalue weighted by molar-refractivity contribution is -0.384. The lowest BCUT2D eigenvalue weighted by atomic mass is 9.86. The van der Waals surface area contributed by atoms with E-state index >= 15 is 0 Å². The molecular formula is C19H19N3O2. The topological polar surface area (TPSA) is 61.0 Å². The largest absolute Gasteiger partial charge is 0.269 e. The van der Waals surface area contributed by atoms with E-state index in [0.717, 1.165) is 16.9 Å². The molecule has 5 nitrogen and oxygen atoms in total. The van der Waals surface area contributed by atoms with Gasteiger partial charge in [-0.05, 0) is 29.2 Å². The van der Waals surface area contributed by atoms with Crippen molar-refractivity contribution in [3.63, 3.8) is 0 Å². The standard InChI is InChI=1S/C19H19N3O2/c1-19(2,3)15-6-4-14(5-7-15)18-12-13-21(20-18)16-8-10-17(11-9-16)22(23)24/h4-13H,1-3H3. The summed E-state index contributed by atoms with van der Waals surface area (Å²) in [5, 5.41) is 15.3. The third-order valence-corrected chi connectivity index (χ3v) is 3.96. The average Bonchev–Trinajstić information content (AvgIpc) is 3.04. The lowest BCUT2D eigenvalue weighted by Crippen LogP contribution is -2.10. The van der Waals surface area contributed by atoms with E-state index < -0.39 is 4.92 Å². The summed E-state index contributed by atoms with van der Waals surface area (Å²) < 4.78 is 1.72. The van der Waals surface area contributed by atoms with Crippen molar-refractivity contribution >= 4 is 5.69 Å². The van der Waals surface area contributed by atoms with Crippen molar-refractivity contribution in [3.05, 3.63) is 76.5 Å². The van der Waals surface area contributed by atoms with Crippen molar-refractivity contribution in [1.29, 1.82) is 0 Å². The number of hydrogen-bond acceptors (Lipinski definition) is 3. The third kappa shape index (κ3) is 3.20. The summed E-state index contributed by atoms with van der Waals surface area (Å²) in [4.78, 5) is 10.3. The first-order valence-electron chi connectivity index (χ1n) is 7.76. The van der Waals surface area contributed by atoms with Gasteiger partial charge in [0.25, 0.3) is 5.69 Å². The van der Waals surface area contributed by atoms with E-state index in [1.54, 1.807) is 16.8 Å². The molecule has 0 fully saturated rings. The maximum atomic E-state index is 10.7. The maximum Gasteiger partial charge on any atom is 0.269 e. The van der Waals surface area contributed by atoms with Crippen molar-refractivity contribution in [2.45, 2.75) is 26.2 Å². The molecule has 2 aromatic carbocycles. The zero-order valence-corrected chi connectivity index (χ0v) is 13.9. The molecule has 0 spiro atoms. The van der Waals surface area contributed by atoms with Gasteiger partial charge in [0.1, 0.15) is 0 Å². The van der Waals surface area contributed by atoms with Gasteiger partial charge >= 0.3 is 0 Å². The molecule has 0 N–H and O–H groups in total. The molecule has 0 aliphatic rings. The molecule has 0 atom stereocenters. The fourth-order valence-electron chi connectivity index (χ4n) is 2.49. The molecule has 0 amide bonds. The molecule has 122 valence electrons. The van der Waals surface area contributed by atoms with Gasteiger partial charge in [0.15, 0.2) is 0 Å². The minimum atomic E-state index is -0.408. The molecule has 0 unspecified atom stereocenters. The van der Waals surface area contributed by atoms with Crippen molar-refractivity contribution in [1.82, 2.24) is 9.78 Å². The molecule has 0 bridgehead atoms. The van der Waals surface area contributed by atoms with Gasteiger partial charge in [-0.2, -0.15) is 5.10 Å². The molecule has 0 radical (unpaired) electrons. The van der Waals surface area contributed by atoms with Crippen LogP contribution < -0.4 is 0 Å². The van der Waals surface area contributed by atoms with Crippen molar-refractivity contribution in [2.75, 3.05) is 0 Å². The quantitative estimate of drug-likeness (QED) is 0.517. The van der Waals surface area contributed by atoms with Gasteiger partial charge in [-0.15, -0.1) is 0 Å². The Morgan fingerprint density at radius 1 is 0.958 bits per heavy atom. The van der Waals surface area contributed by atoms with Crippen LogP contribution in [0.1, 0.15) is 26.3 Å². The summed E-state index contributed by atoms with van der Waals surface area (Å²) in [5.41, 5.74) is 4.18. The Kier molecular flexibility index (Phi) is 3.93. The minimum Gasteiger partial charge on any atom is -0.258 e. The Labute approximate surface area is 140 Å². The third-order valence-electron chi connectivity index (χ3n) is 3.96. The average molecular weight is 321 g/mol. The Balaban J connectivity index is 1.86. The lowest BCUT2D eigenvalue weighted by Gasteiger charge is -2.18. The summed E-state index contributed by atoms with van der Waals surface area (Å²) >= 11 is 0. The molecule has 1 heterocycles. The van der Waals surface area contributed by atoms with Crippen LogP contribution in [0.5, 0.6) is 0 Å². The smallest absolute Gasteiger partial charge is 0.258 e. The molecule has 0 saturated carbocycles. The first-order valence-corrected chi connectivity index (χ1v) is 7.76. The maximum absolute atomic E-state index is 10.7. The Morgan fingerprint density at radius 3 is 2.12 bits per heavy atom. The summed E-state index contributed by atoms with van der Waals surface area (Å²) in [6.07, 6.45) is 1.86. The molecule has 3 rings (SSSR count). The predicted octanol–water partition coefficient (Wildman–Crippen LogP) is 4.75. The van der Waals surface area contributed by atoms with Crippen LogP contribution in [0.15, 0.2) is 60.8 Å². The summed E-state index contributed by atoms with van der Waals surface area (Å²) in [5.74, 6) is 0. The van der Waals surface area contributed by atoms with Gasteiger partial charge in [0.2, 0.25) is 0 Å². The summed E-state index contributed by atoms with van der Waals surface area (Å²) in [6.45, 7) is 6.56. The molecule has 0 aliphatic heterocycles. The Hall–Kier alpha value is -2.95. The highest BCUT2D eigenvalue weighted by Gasteiger charge is 2.13. The molecule has 24 heavy (non-hydrogen) atoms. The van der Waals surface area contributed by atoms with E-state index in [4.69, 9.17) is 0 Å². The van der Waals surface area contributed by atoms with Crippen LogP contribution in [0.2, 0.25) is 0 Å². The number of nitro groups is 1. The van der Waals surface area contributed by atoms with Gasteiger partial charge < -0.3 is 0 Å². The van der Waals surface area contributed by atoms with Crippen molar-refractivity contribution < 1.29 is 4.92 Å². The molecule has 5 heteroatoms. The molecule has 3 aromatic rings. The monoisotopic (exact) mass is 321 g/mol. The van der Waals surface area contributed by atoms with Gasteiger partial charge in [-0.25, -0.2) is 4.68 Å². The highest BCUT2D eigenvalue weighted by atomic mass is 16.6. The summed E-state index contributed by atoms with van der Waals surface area (Å²) in [6, 6.07) is 16.7. The predicted molar refractivity (Wildman–Crippen MR) is 94.4 cm³/mol. The van der Waals surface area contributed by atoms with E-state index in [0.29, 0.717) is 0 Å². The second kappa shape index (κ2) is 5.92. The van der Waals surface area contributed by atoms with Crippen LogP contribution in [0, 0.1) is 10.1 Å². The molecule has 0 aliphatic carbocycles. The first kappa shape index (κ1) is 15.9. The van der Waals surface area contributed by atoms with E-state index in [1.807, 2.05) is 12.3 Å². The van der Waals surface area contributed by atoms with E-state index in [9.17, 15) is 10.1 Å². The van der Waals surface area contributed by atoms with Gasteiger partial charge in [-0.3, -0.25) is 10.1 Å². The SMILES string of the molecule is CC(C)(C)c1ccc(-c2ccn(-c3ccc([N+](=O)[O-])cc3)n2)cc1. The van der Waals surface area contributed by atoms with Crippen LogP contribution in [0.4, 0.5) is 5.69 Å².